The Balaban J connectivity index is 2.36. The predicted molar refractivity (Wildman–Crippen MR) is 58.9 cm³/mol. The van der Waals surface area contributed by atoms with Crippen LogP contribution in [0.1, 0.15) is 40.5 Å². The lowest BCUT2D eigenvalue weighted by atomic mass is 10.2. The fourth-order valence-corrected chi connectivity index (χ4v) is 2.08. The molecule has 0 spiro atoms. The second-order valence-corrected chi connectivity index (χ2v) is 4.31. The van der Waals surface area contributed by atoms with Crippen LogP contribution in [0.4, 0.5) is 0 Å². The van der Waals surface area contributed by atoms with Crippen molar-refractivity contribution in [2.45, 2.75) is 25.7 Å². The molecule has 0 amide bonds. The summed E-state index contributed by atoms with van der Waals surface area (Å²) in [6.45, 7) is 1.95. The maximum atomic E-state index is 11.3. The lowest BCUT2D eigenvalue weighted by Gasteiger charge is -1.99. The van der Waals surface area contributed by atoms with Crippen molar-refractivity contribution < 1.29 is 9.90 Å². The lowest BCUT2D eigenvalue weighted by Crippen LogP contribution is -2.04. The van der Waals surface area contributed by atoms with Gasteiger partial charge in [0.15, 0.2) is 5.69 Å². The molecule has 1 aliphatic carbocycles. The zero-order valence-electron chi connectivity index (χ0n) is 8.97. The van der Waals surface area contributed by atoms with E-state index in [0.29, 0.717) is 11.6 Å². The van der Waals surface area contributed by atoms with Crippen LogP contribution in [-0.2, 0) is 0 Å². The molecule has 16 heavy (non-hydrogen) atoms. The number of aromatic nitrogens is 2. The molecule has 0 bridgehead atoms. The number of carboxylic acid groups (broad SMARTS) is 1. The van der Waals surface area contributed by atoms with Crippen molar-refractivity contribution in [3.05, 3.63) is 35.3 Å². The van der Waals surface area contributed by atoms with E-state index in [0.717, 1.165) is 29.7 Å². The molecule has 2 aromatic heterocycles. The van der Waals surface area contributed by atoms with Crippen LogP contribution in [0.15, 0.2) is 18.3 Å². The van der Waals surface area contributed by atoms with Gasteiger partial charge >= 0.3 is 5.97 Å². The Morgan fingerprint density at radius 2 is 2.31 bits per heavy atom. The Bertz CT molecular complexity index is 582. The van der Waals surface area contributed by atoms with E-state index in [4.69, 9.17) is 0 Å². The monoisotopic (exact) mass is 216 g/mol. The molecule has 2 aromatic rings. The molecule has 1 fully saturated rings. The SMILES string of the molecule is Cc1cccn2c(C(=O)O)c(C3CC3)nc12. The average molecular weight is 216 g/mol. The third-order valence-electron chi connectivity index (χ3n) is 3.04. The van der Waals surface area contributed by atoms with Crippen molar-refractivity contribution in [2.24, 2.45) is 0 Å². The van der Waals surface area contributed by atoms with E-state index >= 15 is 0 Å². The molecule has 0 saturated heterocycles. The van der Waals surface area contributed by atoms with E-state index in [-0.39, 0.29) is 0 Å². The van der Waals surface area contributed by atoms with Crippen LogP contribution < -0.4 is 0 Å². The van der Waals surface area contributed by atoms with Gasteiger partial charge < -0.3 is 5.11 Å². The summed E-state index contributed by atoms with van der Waals surface area (Å²) in [5, 5.41) is 9.26. The van der Waals surface area contributed by atoms with Crippen LogP contribution in [-0.4, -0.2) is 20.5 Å². The largest absolute Gasteiger partial charge is 0.477 e. The Hall–Kier alpha value is -1.84. The molecule has 82 valence electrons. The van der Waals surface area contributed by atoms with E-state index in [9.17, 15) is 9.90 Å². The molecule has 4 heteroatoms. The fourth-order valence-electron chi connectivity index (χ4n) is 2.08. The Morgan fingerprint density at radius 1 is 1.56 bits per heavy atom. The molecular formula is C12H12N2O2. The first-order valence-corrected chi connectivity index (χ1v) is 5.39. The van der Waals surface area contributed by atoms with Gasteiger partial charge in [-0.2, -0.15) is 0 Å². The maximum absolute atomic E-state index is 11.3. The quantitative estimate of drug-likeness (QED) is 0.837. The van der Waals surface area contributed by atoms with Crippen LogP contribution in [0, 0.1) is 6.92 Å². The van der Waals surface area contributed by atoms with E-state index < -0.39 is 5.97 Å². The topological polar surface area (TPSA) is 54.6 Å². The Morgan fingerprint density at radius 3 is 2.94 bits per heavy atom. The minimum atomic E-state index is -0.889. The number of carbonyl (C=O) groups is 1. The first kappa shape index (κ1) is 9.39. The molecular weight excluding hydrogens is 204 g/mol. The van der Waals surface area contributed by atoms with Crippen LogP contribution in [0.5, 0.6) is 0 Å². The summed E-state index contributed by atoms with van der Waals surface area (Å²) in [6, 6.07) is 3.80. The van der Waals surface area contributed by atoms with Gasteiger partial charge in [0.25, 0.3) is 0 Å². The molecule has 1 N–H and O–H groups in total. The van der Waals surface area contributed by atoms with E-state index in [1.54, 1.807) is 10.6 Å². The summed E-state index contributed by atoms with van der Waals surface area (Å²) < 4.78 is 1.69. The zero-order valence-corrected chi connectivity index (χ0v) is 8.97. The van der Waals surface area contributed by atoms with Gasteiger partial charge in [-0.1, -0.05) is 6.07 Å². The molecule has 0 aliphatic heterocycles. The second kappa shape index (κ2) is 3.07. The highest BCUT2D eigenvalue weighted by atomic mass is 16.4. The minimum Gasteiger partial charge on any atom is -0.477 e. The second-order valence-electron chi connectivity index (χ2n) is 4.31. The lowest BCUT2D eigenvalue weighted by molar-refractivity contribution is 0.0688. The molecule has 4 nitrogen and oxygen atoms in total. The molecule has 1 saturated carbocycles. The molecule has 0 radical (unpaired) electrons. The van der Waals surface area contributed by atoms with Crippen molar-refractivity contribution in [3.63, 3.8) is 0 Å². The third kappa shape index (κ3) is 1.23. The van der Waals surface area contributed by atoms with Crippen molar-refractivity contribution in [3.8, 4) is 0 Å². The average Bonchev–Trinajstić information content (AvgIpc) is 2.99. The van der Waals surface area contributed by atoms with Gasteiger partial charge in [-0.3, -0.25) is 4.40 Å². The summed E-state index contributed by atoms with van der Waals surface area (Å²) in [4.78, 5) is 15.8. The van der Waals surface area contributed by atoms with E-state index in [2.05, 4.69) is 4.98 Å². The number of imidazole rings is 1. The summed E-state index contributed by atoms with van der Waals surface area (Å²) in [5.74, 6) is -0.537. The predicted octanol–water partition coefficient (Wildman–Crippen LogP) is 2.22. The molecule has 2 heterocycles. The van der Waals surface area contributed by atoms with Gasteiger partial charge in [-0.05, 0) is 31.4 Å². The van der Waals surface area contributed by atoms with Crippen molar-refractivity contribution in [1.82, 2.24) is 9.38 Å². The first-order valence-electron chi connectivity index (χ1n) is 5.39. The standard InChI is InChI=1S/C12H12N2O2/c1-7-3-2-6-14-10(12(15)16)9(8-4-5-8)13-11(7)14/h2-3,6,8H,4-5H2,1H3,(H,15,16). The third-order valence-corrected chi connectivity index (χ3v) is 3.04. The van der Waals surface area contributed by atoms with Crippen molar-refractivity contribution in [1.29, 1.82) is 0 Å². The molecule has 3 rings (SSSR count). The van der Waals surface area contributed by atoms with E-state index in [1.807, 2.05) is 19.1 Å². The molecule has 1 aliphatic rings. The number of fused-ring (bicyclic) bond motifs is 1. The molecule has 0 atom stereocenters. The van der Waals surface area contributed by atoms with Crippen LogP contribution in [0.3, 0.4) is 0 Å². The number of rotatable bonds is 2. The van der Waals surface area contributed by atoms with Crippen molar-refractivity contribution >= 4 is 11.6 Å². The summed E-state index contributed by atoms with van der Waals surface area (Å²) in [6.07, 6.45) is 3.89. The minimum absolute atomic E-state index is 0.334. The van der Waals surface area contributed by atoms with E-state index in [1.165, 1.54) is 0 Å². The Kier molecular flexibility index (Phi) is 1.80. The summed E-state index contributed by atoms with van der Waals surface area (Å²) in [7, 11) is 0. The summed E-state index contributed by atoms with van der Waals surface area (Å²) >= 11 is 0. The normalized spacial score (nSPS) is 15.6. The number of aryl methyl sites for hydroxylation is 1. The van der Waals surface area contributed by atoms with Gasteiger partial charge in [0, 0.05) is 12.1 Å². The number of pyridine rings is 1. The maximum Gasteiger partial charge on any atom is 0.354 e. The van der Waals surface area contributed by atoms with Gasteiger partial charge in [-0.15, -0.1) is 0 Å². The number of carboxylic acids is 1. The zero-order chi connectivity index (χ0) is 11.3. The van der Waals surface area contributed by atoms with Gasteiger partial charge in [-0.25, -0.2) is 9.78 Å². The molecule has 0 unspecified atom stereocenters. The number of aromatic carboxylic acids is 1. The number of hydrogen-bond acceptors (Lipinski definition) is 2. The highest BCUT2D eigenvalue weighted by Gasteiger charge is 2.32. The number of nitrogens with zero attached hydrogens (tertiary/aromatic N) is 2. The molecule has 0 aromatic carbocycles. The highest BCUT2D eigenvalue weighted by Crippen LogP contribution is 2.41. The fraction of sp³-hybridized carbons (Fsp3) is 0.333. The first-order chi connectivity index (χ1) is 7.68. The Labute approximate surface area is 92.5 Å². The van der Waals surface area contributed by atoms with Crippen molar-refractivity contribution in [2.75, 3.05) is 0 Å². The smallest absolute Gasteiger partial charge is 0.354 e. The van der Waals surface area contributed by atoms with Gasteiger partial charge in [0.2, 0.25) is 0 Å². The van der Waals surface area contributed by atoms with Gasteiger partial charge in [0.1, 0.15) is 5.65 Å². The summed E-state index contributed by atoms with van der Waals surface area (Å²) in [5.41, 5.74) is 2.86. The number of hydrogen-bond donors (Lipinski definition) is 1. The van der Waals surface area contributed by atoms with Crippen LogP contribution in [0.25, 0.3) is 5.65 Å². The van der Waals surface area contributed by atoms with Crippen LogP contribution >= 0.6 is 0 Å². The highest BCUT2D eigenvalue weighted by molar-refractivity contribution is 5.89. The van der Waals surface area contributed by atoms with Crippen LogP contribution in [0.2, 0.25) is 0 Å². The van der Waals surface area contributed by atoms with Gasteiger partial charge in [0.05, 0.1) is 5.69 Å².